The Labute approximate surface area is 414 Å². The van der Waals surface area contributed by atoms with Crippen LogP contribution in [0.2, 0.25) is 0 Å². The number of carbonyl (C=O) groups is 1. The number of aliphatic hydroxyl groups is 11. The van der Waals surface area contributed by atoms with Crippen molar-refractivity contribution in [3.05, 3.63) is 11.6 Å². The van der Waals surface area contributed by atoms with Crippen molar-refractivity contribution in [1.82, 2.24) is 0 Å². The van der Waals surface area contributed by atoms with E-state index in [-0.39, 0.29) is 36.0 Å². The average Bonchev–Trinajstić information content (AvgIpc) is 3.31. The van der Waals surface area contributed by atoms with Gasteiger partial charge in [0, 0.05) is 5.41 Å². The van der Waals surface area contributed by atoms with Gasteiger partial charge in [-0.3, -0.25) is 9.35 Å². The summed E-state index contributed by atoms with van der Waals surface area (Å²) in [6, 6.07) is 0. The molecule has 7 fully saturated rings. The third kappa shape index (κ3) is 9.08. The SMILES string of the molecule is C[C@H]1[C@H](C)CC[C@]2(C(=O)O[C@@H]3O[C@H](CO[C@@H]4O[C@H](CO)[C@@H](O[C@@H]5O[C@@H](C)[C@H](O)[C@@H](O)[C@H]5O)[C@H](O)[C@H]4O)[C@@H](O)[C@H](O)[C@H]3O)CC[C@]3(C)C(=CC[C@@H]4[C@@]5(C)C[C@@H](O)[C@H](O)[C@@](C)(COS(=O)(=O)O)[C@@H]5CC[C@]43C)[C@H]12. The summed E-state index contributed by atoms with van der Waals surface area (Å²) >= 11 is 0. The maximum Gasteiger partial charge on any atom is 0.397 e. The van der Waals surface area contributed by atoms with Gasteiger partial charge in [0.25, 0.3) is 0 Å². The first-order valence-electron chi connectivity index (χ1n) is 25.2. The van der Waals surface area contributed by atoms with E-state index in [1.807, 2.05) is 0 Å². The van der Waals surface area contributed by atoms with Gasteiger partial charge in [-0.1, -0.05) is 53.2 Å². The largest absolute Gasteiger partial charge is 0.432 e. The van der Waals surface area contributed by atoms with Gasteiger partial charge >= 0.3 is 16.4 Å². The maximum atomic E-state index is 15.1. The van der Waals surface area contributed by atoms with Crippen molar-refractivity contribution in [2.75, 3.05) is 19.8 Å². The standard InChI is InChI=1S/C48H78O22S/c1-20-10-13-48(15-14-46(6)23(29(48)21(20)2)8-9-28-44(4)16-24(50)39(59)45(5,19-65-71(61,62)63)27(44)11-12-47(28,46)7)43(60)70-42-36(57)33(54)31(52)26(68-42)18-64-40-37(58)34(55)38(25(17-49)67-40)69-41-35(56)32(53)30(51)22(3)66-41/h8,20-22,24-42,49-59H,9-19H2,1-7H3,(H,61,62,63)/t20-,21+,22+,24-,25-,26-,27-,28-,29+,30+,31-,32-,33+,34-,35-,36-,37-,38-,39+,40-,41+,42+,44+,45+,46-,47-,48+/m1/s1. The molecule has 0 bridgehead atoms. The minimum absolute atomic E-state index is 0.0131. The van der Waals surface area contributed by atoms with E-state index in [0.717, 1.165) is 5.57 Å². The van der Waals surface area contributed by atoms with Gasteiger partial charge in [-0.2, -0.15) is 8.42 Å². The first kappa shape index (κ1) is 55.7. The van der Waals surface area contributed by atoms with Gasteiger partial charge in [0.2, 0.25) is 6.29 Å². The Balaban J connectivity index is 0.991. The Kier molecular flexibility index (Phi) is 15.5. The maximum absolute atomic E-state index is 15.1. The normalized spacial score (nSPS) is 54.4. The summed E-state index contributed by atoms with van der Waals surface area (Å²) in [6.45, 7) is 12.1. The number of allylic oxidation sites excluding steroid dienone is 2. The molecule has 0 aromatic rings. The van der Waals surface area contributed by atoms with Gasteiger partial charge < -0.3 is 84.6 Å². The average molecular weight is 1040 g/mol. The predicted molar refractivity (Wildman–Crippen MR) is 242 cm³/mol. The van der Waals surface area contributed by atoms with Crippen LogP contribution >= 0.6 is 0 Å². The van der Waals surface area contributed by atoms with E-state index in [9.17, 15) is 69.1 Å². The summed E-state index contributed by atoms with van der Waals surface area (Å²) in [5, 5.41) is 119. The molecule has 0 radical (unpaired) electrons. The smallest absolute Gasteiger partial charge is 0.397 e. The van der Waals surface area contributed by atoms with Gasteiger partial charge in [0.1, 0.15) is 67.1 Å². The highest BCUT2D eigenvalue weighted by Crippen LogP contribution is 2.76. The molecular formula is C48H78O22S. The van der Waals surface area contributed by atoms with Crippen LogP contribution in [-0.2, 0) is 47.8 Å². The molecule has 3 saturated heterocycles. The van der Waals surface area contributed by atoms with Crippen LogP contribution in [0.4, 0.5) is 0 Å². The Morgan fingerprint density at radius 1 is 0.732 bits per heavy atom. The Morgan fingerprint density at radius 3 is 2.03 bits per heavy atom. The third-order valence-corrected chi connectivity index (χ3v) is 20.3. The summed E-state index contributed by atoms with van der Waals surface area (Å²) in [5.41, 5.74) is -2.63. The zero-order valence-corrected chi connectivity index (χ0v) is 42.2. The zero-order valence-electron chi connectivity index (χ0n) is 41.4. The van der Waals surface area contributed by atoms with Gasteiger partial charge in [-0.15, -0.1) is 0 Å². The highest BCUT2D eigenvalue weighted by atomic mass is 32.3. The van der Waals surface area contributed by atoms with E-state index in [2.05, 4.69) is 40.7 Å². The lowest BCUT2D eigenvalue weighted by atomic mass is 9.33. The molecule has 0 aromatic heterocycles. The molecule has 0 aromatic carbocycles. The van der Waals surface area contributed by atoms with E-state index in [0.29, 0.717) is 44.9 Å². The monoisotopic (exact) mass is 1040 g/mol. The Hall–Kier alpha value is -1.56. The lowest BCUT2D eigenvalue weighted by molar-refractivity contribution is -0.361. The van der Waals surface area contributed by atoms with E-state index >= 15 is 4.79 Å². The molecule has 71 heavy (non-hydrogen) atoms. The number of esters is 1. The van der Waals surface area contributed by atoms with E-state index in [1.54, 1.807) is 6.92 Å². The molecule has 22 nitrogen and oxygen atoms in total. The Bertz CT molecular complexity index is 2080. The van der Waals surface area contributed by atoms with Gasteiger partial charge in [-0.05, 0) is 104 Å². The molecule has 8 aliphatic rings. The summed E-state index contributed by atoms with van der Waals surface area (Å²) in [6.07, 6.45) is -20.8. The van der Waals surface area contributed by atoms with Crippen molar-refractivity contribution in [2.45, 2.75) is 204 Å². The predicted octanol–water partition coefficient (Wildman–Crippen LogP) is -1.21. The fourth-order valence-electron chi connectivity index (χ4n) is 15.4. The molecule has 3 heterocycles. The highest BCUT2D eigenvalue weighted by Gasteiger charge is 2.71. The third-order valence-electron chi connectivity index (χ3n) is 19.9. The second-order valence-electron chi connectivity index (χ2n) is 23.5. The van der Waals surface area contributed by atoms with Gasteiger partial charge in [0.15, 0.2) is 12.6 Å². The number of hydrogen-bond acceptors (Lipinski definition) is 21. The first-order valence-corrected chi connectivity index (χ1v) is 26.6. The number of carbonyl (C=O) groups excluding carboxylic acids is 1. The van der Waals surface area contributed by atoms with Crippen LogP contribution in [0, 0.1) is 56.7 Å². The molecular weight excluding hydrogens is 961 g/mol. The second kappa shape index (κ2) is 19.8. The van der Waals surface area contributed by atoms with Crippen molar-refractivity contribution < 1.29 is 107 Å². The van der Waals surface area contributed by atoms with Gasteiger partial charge in [0.05, 0.1) is 43.5 Å². The van der Waals surface area contributed by atoms with Crippen molar-refractivity contribution >= 4 is 16.4 Å². The fraction of sp³-hybridized carbons (Fsp3) is 0.938. The molecule has 0 amide bonds. The van der Waals surface area contributed by atoms with E-state index in [1.165, 1.54) is 6.92 Å². The quantitative estimate of drug-likeness (QED) is 0.0656. The molecule has 0 unspecified atom stereocenters. The van der Waals surface area contributed by atoms with Crippen molar-refractivity contribution in [3.63, 3.8) is 0 Å². The zero-order chi connectivity index (χ0) is 52.3. The van der Waals surface area contributed by atoms with Crippen molar-refractivity contribution in [3.8, 4) is 0 Å². The van der Waals surface area contributed by atoms with Crippen LogP contribution < -0.4 is 0 Å². The second-order valence-corrected chi connectivity index (χ2v) is 24.5. The van der Waals surface area contributed by atoms with Crippen LogP contribution in [0.25, 0.3) is 0 Å². The lowest BCUT2D eigenvalue weighted by Crippen LogP contribution is -2.68. The number of aliphatic hydroxyl groups excluding tert-OH is 11. The van der Waals surface area contributed by atoms with E-state index in [4.69, 9.17) is 32.6 Å². The summed E-state index contributed by atoms with van der Waals surface area (Å²) in [4.78, 5) is 15.1. The summed E-state index contributed by atoms with van der Waals surface area (Å²) in [5.74, 6) is -1.10. The minimum atomic E-state index is -4.84. The molecule has 5 aliphatic carbocycles. The van der Waals surface area contributed by atoms with E-state index < -0.39 is 168 Å². The fourth-order valence-corrected chi connectivity index (χ4v) is 15.8. The number of rotatable bonds is 11. The minimum Gasteiger partial charge on any atom is -0.432 e. The van der Waals surface area contributed by atoms with Crippen molar-refractivity contribution in [1.29, 1.82) is 0 Å². The number of ether oxygens (including phenoxy) is 6. The van der Waals surface area contributed by atoms with Crippen LogP contribution in [0.1, 0.15) is 99.8 Å². The number of hydrogen-bond donors (Lipinski definition) is 12. The summed E-state index contributed by atoms with van der Waals surface area (Å²) in [7, 11) is -4.84. The van der Waals surface area contributed by atoms with Crippen LogP contribution in [0.3, 0.4) is 0 Å². The molecule has 3 aliphatic heterocycles. The van der Waals surface area contributed by atoms with Crippen LogP contribution in [0.5, 0.6) is 0 Å². The van der Waals surface area contributed by atoms with Crippen LogP contribution in [0.15, 0.2) is 11.6 Å². The molecule has 8 rings (SSSR count). The Morgan fingerprint density at radius 2 is 1.37 bits per heavy atom. The molecule has 408 valence electrons. The molecule has 23 heteroatoms. The topological polar surface area (TPSA) is 359 Å². The van der Waals surface area contributed by atoms with Crippen LogP contribution in [-0.4, -0.2) is 199 Å². The molecule has 0 spiro atoms. The molecule has 27 atom stereocenters. The van der Waals surface area contributed by atoms with Crippen molar-refractivity contribution in [2.24, 2.45) is 56.7 Å². The number of fused-ring (bicyclic) bond motifs is 7. The first-order chi connectivity index (χ1) is 33.0. The summed E-state index contributed by atoms with van der Waals surface area (Å²) < 4.78 is 72.7. The highest BCUT2D eigenvalue weighted by molar-refractivity contribution is 7.80. The molecule has 4 saturated carbocycles. The molecule has 12 N–H and O–H groups in total. The van der Waals surface area contributed by atoms with Gasteiger partial charge in [-0.25, -0.2) is 4.18 Å². The lowest BCUT2D eigenvalue weighted by Gasteiger charge is -2.71.